The van der Waals surface area contributed by atoms with E-state index < -0.39 is 10.0 Å². The maximum atomic E-state index is 12.9. The fraction of sp³-hybridized carbons (Fsp3) is 0.435. The first-order chi connectivity index (χ1) is 14.4. The van der Waals surface area contributed by atoms with Crippen LogP contribution in [0.3, 0.4) is 0 Å². The minimum atomic E-state index is -3.62. The van der Waals surface area contributed by atoms with Gasteiger partial charge in [-0.15, -0.1) is 0 Å². The molecular weight excluding hydrogens is 400 g/mol. The Hall–Kier alpha value is -2.38. The molecule has 1 aliphatic heterocycles. The van der Waals surface area contributed by atoms with E-state index in [0.717, 1.165) is 12.8 Å². The Labute approximate surface area is 179 Å². The van der Waals surface area contributed by atoms with Gasteiger partial charge in [0.1, 0.15) is 5.75 Å². The maximum Gasteiger partial charge on any atom is 0.243 e. The summed E-state index contributed by atoms with van der Waals surface area (Å²) in [6.45, 7) is 3.31. The molecule has 1 fully saturated rings. The molecule has 6 nitrogen and oxygen atoms in total. The molecule has 2 aromatic carbocycles. The molecule has 1 saturated heterocycles. The normalized spacial score (nSPS) is 17.5. The third kappa shape index (κ3) is 5.61. The van der Waals surface area contributed by atoms with Crippen molar-refractivity contribution in [1.82, 2.24) is 9.62 Å². The summed E-state index contributed by atoms with van der Waals surface area (Å²) in [6.07, 6.45) is 3.15. The minimum Gasteiger partial charge on any atom is -0.497 e. The number of aryl methyl sites for hydroxylation is 2. The molecule has 2 aromatic rings. The molecular formula is C23H30N2O4S. The van der Waals surface area contributed by atoms with Crippen molar-refractivity contribution in [1.29, 1.82) is 0 Å². The highest BCUT2D eigenvalue weighted by Gasteiger charge is 2.33. The first-order valence-electron chi connectivity index (χ1n) is 10.4. The van der Waals surface area contributed by atoms with Gasteiger partial charge in [-0.3, -0.25) is 4.79 Å². The molecule has 1 aliphatic rings. The van der Waals surface area contributed by atoms with E-state index in [0.29, 0.717) is 31.7 Å². The van der Waals surface area contributed by atoms with E-state index in [1.807, 2.05) is 0 Å². The molecule has 162 valence electrons. The van der Waals surface area contributed by atoms with Crippen molar-refractivity contribution in [3.8, 4) is 5.75 Å². The zero-order valence-electron chi connectivity index (χ0n) is 17.6. The smallest absolute Gasteiger partial charge is 0.243 e. The van der Waals surface area contributed by atoms with Gasteiger partial charge in [0.25, 0.3) is 0 Å². The van der Waals surface area contributed by atoms with Gasteiger partial charge in [0, 0.05) is 19.6 Å². The Kier molecular flexibility index (Phi) is 7.50. The topological polar surface area (TPSA) is 75.7 Å². The molecule has 0 saturated carbocycles. The fourth-order valence-corrected chi connectivity index (χ4v) is 5.20. The third-order valence-electron chi connectivity index (χ3n) is 5.51. The lowest BCUT2D eigenvalue weighted by molar-refractivity contribution is -0.126. The van der Waals surface area contributed by atoms with Crippen molar-refractivity contribution in [2.45, 2.75) is 37.5 Å². The predicted octanol–water partition coefficient (Wildman–Crippen LogP) is 3.15. The number of hydrogen-bond donors (Lipinski definition) is 1. The lowest BCUT2D eigenvalue weighted by atomic mass is 9.99. The van der Waals surface area contributed by atoms with Crippen molar-refractivity contribution in [3.05, 3.63) is 59.7 Å². The molecule has 1 atom stereocenters. The van der Waals surface area contributed by atoms with Gasteiger partial charge in [-0.1, -0.05) is 29.8 Å². The number of piperidine rings is 1. The van der Waals surface area contributed by atoms with Crippen LogP contribution in [0, 0.1) is 12.8 Å². The largest absolute Gasteiger partial charge is 0.497 e. The molecule has 0 spiro atoms. The third-order valence-corrected chi connectivity index (χ3v) is 7.39. The summed E-state index contributed by atoms with van der Waals surface area (Å²) < 4.78 is 32.4. The molecule has 0 aromatic heterocycles. The van der Waals surface area contributed by atoms with E-state index in [-0.39, 0.29) is 23.3 Å². The van der Waals surface area contributed by atoms with Crippen LogP contribution in [0.1, 0.15) is 30.4 Å². The van der Waals surface area contributed by atoms with E-state index in [1.165, 1.54) is 22.5 Å². The molecule has 1 N–H and O–H groups in total. The van der Waals surface area contributed by atoms with Crippen LogP contribution in [0.2, 0.25) is 0 Å². The number of rotatable bonds is 8. The number of nitrogens with one attached hydrogen (secondary N) is 1. The van der Waals surface area contributed by atoms with Gasteiger partial charge in [0.05, 0.1) is 17.9 Å². The van der Waals surface area contributed by atoms with Crippen LogP contribution in [-0.2, 0) is 21.2 Å². The molecule has 0 radical (unpaired) electrons. The van der Waals surface area contributed by atoms with E-state index in [4.69, 9.17) is 4.74 Å². The SMILES string of the molecule is COc1ccc(S(=O)(=O)N2CCCC(C(=O)NCCCc3ccc(C)cc3)C2)cc1. The monoisotopic (exact) mass is 430 g/mol. The van der Waals surface area contributed by atoms with Gasteiger partial charge in [-0.2, -0.15) is 4.31 Å². The van der Waals surface area contributed by atoms with Crippen LogP contribution in [0.25, 0.3) is 0 Å². The Morgan fingerprint density at radius 3 is 2.50 bits per heavy atom. The van der Waals surface area contributed by atoms with Gasteiger partial charge >= 0.3 is 0 Å². The lowest BCUT2D eigenvalue weighted by Crippen LogP contribution is -2.45. The zero-order chi connectivity index (χ0) is 21.6. The number of sulfonamides is 1. The Bertz CT molecular complexity index is 940. The van der Waals surface area contributed by atoms with Gasteiger partial charge in [0.2, 0.25) is 15.9 Å². The summed E-state index contributed by atoms with van der Waals surface area (Å²) in [5.41, 5.74) is 2.49. The first kappa shape index (κ1) is 22.3. The molecule has 7 heteroatoms. The number of hydrogen-bond acceptors (Lipinski definition) is 4. The number of methoxy groups -OCH3 is 1. The Morgan fingerprint density at radius 1 is 1.13 bits per heavy atom. The standard InChI is InChI=1S/C23H30N2O4S/c1-18-7-9-19(10-8-18)5-3-15-24-23(26)20-6-4-16-25(17-20)30(27,28)22-13-11-21(29-2)12-14-22/h7-14,20H,3-6,15-17H2,1-2H3,(H,24,26). The van der Waals surface area contributed by atoms with E-state index in [2.05, 4.69) is 36.5 Å². The zero-order valence-corrected chi connectivity index (χ0v) is 18.5. The highest BCUT2D eigenvalue weighted by molar-refractivity contribution is 7.89. The van der Waals surface area contributed by atoms with E-state index >= 15 is 0 Å². The molecule has 0 aliphatic carbocycles. The van der Waals surface area contributed by atoms with Gasteiger partial charge in [0.15, 0.2) is 0 Å². The second kappa shape index (κ2) is 10.1. The number of carbonyl (C=O) groups is 1. The van der Waals surface area contributed by atoms with Crippen LogP contribution in [0.15, 0.2) is 53.4 Å². The average Bonchev–Trinajstić information content (AvgIpc) is 2.78. The number of benzene rings is 2. The van der Waals surface area contributed by atoms with Crippen LogP contribution in [0.4, 0.5) is 0 Å². The Balaban J connectivity index is 1.51. The van der Waals surface area contributed by atoms with Gasteiger partial charge in [-0.05, 0) is 62.4 Å². The van der Waals surface area contributed by atoms with Crippen molar-refractivity contribution >= 4 is 15.9 Å². The molecule has 3 rings (SSSR count). The molecule has 0 bridgehead atoms. The van der Waals surface area contributed by atoms with E-state index in [1.54, 1.807) is 24.3 Å². The van der Waals surface area contributed by atoms with Gasteiger partial charge in [-0.25, -0.2) is 8.42 Å². The van der Waals surface area contributed by atoms with E-state index in [9.17, 15) is 13.2 Å². The van der Waals surface area contributed by atoms with Crippen LogP contribution in [0.5, 0.6) is 5.75 Å². The quantitative estimate of drug-likeness (QED) is 0.653. The molecule has 1 unspecified atom stereocenters. The first-order valence-corrected chi connectivity index (χ1v) is 11.8. The predicted molar refractivity (Wildman–Crippen MR) is 117 cm³/mol. The van der Waals surface area contributed by atoms with Crippen LogP contribution in [-0.4, -0.2) is 45.4 Å². The minimum absolute atomic E-state index is 0.0615. The number of amides is 1. The summed E-state index contributed by atoms with van der Waals surface area (Å²) in [4.78, 5) is 12.8. The second-order valence-electron chi connectivity index (χ2n) is 7.76. The highest BCUT2D eigenvalue weighted by Crippen LogP contribution is 2.25. The van der Waals surface area contributed by atoms with Crippen molar-refractivity contribution in [2.24, 2.45) is 5.92 Å². The maximum absolute atomic E-state index is 12.9. The lowest BCUT2D eigenvalue weighted by Gasteiger charge is -2.31. The van der Waals surface area contributed by atoms with Crippen molar-refractivity contribution < 1.29 is 17.9 Å². The second-order valence-corrected chi connectivity index (χ2v) is 9.70. The number of ether oxygens (including phenoxy) is 1. The highest BCUT2D eigenvalue weighted by atomic mass is 32.2. The van der Waals surface area contributed by atoms with Crippen LogP contribution >= 0.6 is 0 Å². The molecule has 1 heterocycles. The van der Waals surface area contributed by atoms with Crippen molar-refractivity contribution in [3.63, 3.8) is 0 Å². The summed E-state index contributed by atoms with van der Waals surface area (Å²) >= 11 is 0. The number of carbonyl (C=O) groups excluding carboxylic acids is 1. The van der Waals surface area contributed by atoms with Crippen molar-refractivity contribution in [2.75, 3.05) is 26.7 Å². The van der Waals surface area contributed by atoms with Crippen LogP contribution < -0.4 is 10.1 Å². The summed E-state index contributed by atoms with van der Waals surface area (Å²) in [6, 6.07) is 14.8. The summed E-state index contributed by atoms with van der Waals surface area (Å²) in [7, 11) is -2.08. The fourth-order valence-electron chi connectivity index (χ4n) is 3.67. The summed E-state index contributed by atoms with van der Waals surface area (Å²) in [5, 5.41) is 2.98. The molecule has 1 amide bonds. The average molecular weight is 431 g/mol. The summed E-state index contributed by atoms with van der Waals surface area (Å²) in [5.74, 6) is 0.232. The molecule has 30 heavy (non-hydrogen) atoms. The Morgan fingerprint density at radius 2 is 1.83 bits per heavy atom. The number of nitrogens with zero attached hydrogens (tertiary/aromatic N) is 1. The van der Waals surface area contributed by atoms with Gasteiger partial charge < -0.3 is 10.1 Å².